The Bertz CT molecular complexity index is 272. The Kier molecular flexibility index (Phi) is 6.61. The first-order valence-corrected chi connectivity index (χ1v) is 6.05. The van der Waals surface area contributed by atoms with Crippen LogP contribution in [-0.4, -0.2) is 32.0 Å². The van der Waals surface area contributed by atoms with E-state index in [1.54, 1.807) is 7.05 Å². The van der Waals surface area contributed by atoms with Crippen molar-refractivity contribution in [3.63, 3.8) is 0 Å². The summed E-state index contributed by atoms with van der Waals surface area (Å²) >= 11 is 0. The molecule has 5 nitrogen and oxygen atoms in total. The van der Waals surface area contributed by atoms with Gasteiger partial charge in [-0.25, -0.2) is 0 Å². The van der Waals surface area contributed by atoms with Gasteiger partial charge >= 0.3 is 0 Å². The second-order valence-electron chi connectivity index (χ2n) is 5.27. The van der Waals surface area contributed by atoms with Crippen molar-refractivity contribution >= 4 is 11.9 Å². The zero-order chi connectivity index (χ0) is 13.5. The van der Waals surface area contributed by atoms with Crippen LogP contribution in [0.1, 0.15) is 34.1 Å². The molecule has 100 valence electrons. The molecule has 0 aliphatic rings. The van der Waals surface area contributed by atoms with Crippen molar-refractivity contribution < 1.29 is 4.79 Å². The van der Waals surface area contributed by atoms with Crippen LogP contribution in [0.5, 0.6) is 0 Å². The molecule has 0 heterocycles. The first-order chi connectivity index (χ1) is 7.79. The van der Waals surface area contributed by atoms with Gasteiger partial charge in [-0.05, 0) is 26.2 Å². The van der Waals surface area contributed by atoms with Gasteiger partial charge in [-0.1, -0.05) is 13.8 Å². The van der Waals surface area contributed by atoms with E-state index >= 15 is 0 Å². The van der Waals surface area contributed by atoms with Gasteiger partial charge in [-0.3, -0.25) is 9.79 Å². The lowest BCUT2D eigenvalue weighted by molar-refractivity contribution is -0.128. The summed E-state index contributed by atoms with van der Waals surface area (Å²) in [5.74, 6) is 1.01. The van der Waals surface area contributed by atoms with E-state index in [1.165, 1.54) is 0 Å². The zero-order valence-electron chi connectivity index (χ0n) is 11.6. The molecule has 0 saturated carbocycles. The molecule has 0 unspecified atom stereocenters. The van der Waals surface area contributed by atoms with Crippen LogP contribution in [0.4, 0.5) is 0 Å². The highest BCUT2D eigenvalue weighted by molar-refractivity contribution is 5.83. The highest BCUT2D eigenvalue weighted by Gasteiger charge is 2.26. The number of hydrogen-bond donors (Lipinski definition) is 3. The van der Waals surface area contributed by atoms with E-state index in [9.17, 15) is 4.79 Å². The van der Waals surface area contributed by atoms with Crippen molar-refractivity contribution in [1.82, 2.24) is 10.6 Å². The summed E-state index contributed by atoms with van der Waals surface area (Å²) in [7, 11) is 1.62. The first-order valence-electron chi connectivity index (χ1n) is 6.05. The summed E-state index contributed by atoms with van der Waals surface area (Å²) < 4.78 is 0. The standard InChI is InChI=1S/C12H26N4O/c1-9(2)6-7-15-11(13)16-8-12(3,4)10(17)14-5/h9H,6-8H2,1-5H3,(H,14,17)(H3,13,15,16). The van der Waals surface area contributed by atoms with Crippen molar-refractivity contribution in [3.8, 4) is 0 Å². The fraction of sp³-hybridized carbons (Fsp3) is 0.833. The smallest absolute Gasteiger partial charge is 0.227 e. The van der Waals surface area contributed by atoms with E-state index < -0.39 is 5.41 Å². The Morgan fingerprint density at radius 2 is 2.00 bits per heavy atom. The average molecular weight is 242 g/mol. The summed E-state index contributed by atoms with van der Waals surface area (Å²) in [5, 5.41) is 5.66. The van der Waals surface area contributed by atoms with Crippen LogP contribution >= 0.6 is 0 Å². The lowest BCUT2D eigenvalue weighted by Crippen LogP contribution is -2.39. The largest absolute Gasteiger partial charge is 0.370 e. The number of carbonyl (C=O) groups is 1. The molecular weight excluding hydrogens is 216 g/mol. The molecule has 0 aromatic carbocycles. The van der Waals surface area contributed by atoms with E-state index in [0.717, 1.165) is 13.0 Å². The van der Waals surface area contributed by atoms with Crippen molar-refractivity contribution in [3.05, 3.63) is 0 Å². The molecule has 0 spiro atoms. The number of guanidine groups is 1. The van der Waals surface area contributed by atoms with Crippen LogP contribution in [0.15, 0.2) is 4.99 Å². The Morgan fingerprint density at radius 1 is 1.41 bits per heavy atom. The lowest BCUT2D eigenvalue weighted by atomic mass is 9.93. The van der Waals surface area contributed by atoms with Gasteiger partial charge in [0, 0.05) is 13.6 Å². The van der Waals surface area contributed by atoms with E-state index in [4.69, 9.17) is 5.73 Å². The van der Waals surface area contributed by atoms with Crippen LogP contribution in [0, 0.1) is 11.3 Å². The molecule has 0 atom stereocenters. The van der Waals surface area contributed by atoms with Gasteiger partial charge < -0.3 is 16.4 Å². The third-order valence-corrected chi connectivity index (χ3v) is 2.51. The minimum absolute atomic E-state index is 0.0313. The van der Waals surface area contributed by atoms with Crippen molar-refractivity contribution in [2.24, 2.45) is 22.1 Å². The van der Waals surface area contributed by atoms with E-state index in [0.29, 0.717) is 18.4 Å². The Hall–Kier alpha value is -1.26. The van der Waals surface area contributed by atoms with Crippen molar-refractivity contribution in [1.29, 1.82) is 0 Å². The fourth-order valence-electron chi connectivity index (χ4n) is 1.24. The Labute approximate surface area is 104 Å². The van der Waals surface area contributed by atoms with E-state index in [1.807, 2.05) is 13.8 Å². The molecule has 0 rings (SSSR count). The van der Waals surface area contributed by atoms with Gasteiger partial charge in [-0.15, -0.1) is 0 Å². The Morgan fingerprint density at radius 3 is 2.47 bits per heavy atom. The molecule has 0 aromatic heterocycles. The van der Waals surface area contributed by atoms with Gasteiger partial charge in [0.05, 0.1) is 12.0 Å². The minimum Gasteiger partial charge on any atom is -0.370 e. The van der Waals surface area contributed by atoms with Gasteiger partial charge in [-0.2, -0.15) is 0 Å². The van der Waals surface area contributed by atoms with Gasteiger partial charge in [0.15, 0.2) is 5.96 Å². The molecule has 0 aliphatic heterocycles. The zero-order valence-corrected chi connectivity index (χ0v) is 11.6. The predicted octanol–water partition coefficient (Wildman–Crippen LogP) is 0.709. The predicted molar refractivity (Wildman–Crippen MR) is 71.8 cm³/mol. The molecule has 1 amide bonds. The summed E-state index contributed by atoms with van der Waals surface area (Å²) in [6.45, 7) is 9.20. The number of amides is 1. The molecule has 5 heteroatoms. The van der Waals surface area contributed by atoms with Crippen LogP contribution in [0.3, 0.4) is 0 Å². The molecule has 17 heavy (non-hydrogen) atoms. The number of nitrogens with zero attached hydrogens (tertiary/aromatic N) is 1. The maximum Gasteiger partial charge on any atom is 0.227 e. The lowest BCUT2D eigenvalue weighted by Gasteiger charge is -2.20. The summed E-state index contributed by atoms with van der Waals surface area (Å²) in [4.78, 5) is 15.7. The summed E-state index contributed by atoms with van der Waals surface area (Å²) in [5.41, 5.74) is 5.19. The molecule has 0 saturated heterocycles. The number of carbonyl (C=O) groups excluding carboxylic acids is 1. The normalized spacial score (nSPS) is 12.7. The second kappa shape index (κ2) is 7.14. The molecule has 0 fully saturated rings. The number of rotatable bonds is 6. The second-order valence-corrected chi connectivity index (χ2v) is 5.27. The number of hydrogen-bond acceptors (Lipinski definition) is 2. The topological polar surface area (TPSA) is 79.5 Å². The highest BCUT2D eigenvalue weighted by atomic mass is 16.2. The molecule has 0 aromatic rings. The first kappa shape index (κ1) is 15.7. The Balaban J connectivity index is 4.09. The maximum absolute atomic E-state index is 11.5. The SMILES string of the molecule is CNC(=O)C(C)(C)CN=C(N)NCCC(C)C. The third-order valence-electron chi connectivity index (χ3n) is 2.51. The number of nitrogens with one attached hydrogen (secondary N) is 2. The summed E-state index contributed by atoms with van der Waals surface area (Å²) in [6.07, 6.45) is 1.05. The van der Waals surface area contributed by atoms with Crippen molar-refractivity contribution in [2.75, 3.05) is 20.1 Å². The van der Waals surface area contributed by atoms with Gasteiger partial charge in [0.25, 0.3) is 0 Å². The van der Waals surface area contributed by atoms with Crippen LogP contribution in [-0.2, 0) is 4.79 Å². The molecule has 0 radical (unpaired) electrons. The minimum atomic E-state index is -0.529. The van der Waals surface area contributed by atoms with E-state index in [-0.39, 0.29) is 5.91 Å². The highest BCUT2D eigenvalue weighted by Crippen LogP contribution is 2.14. The molecule has 0 bridgehead atoms. The fourth-order valence-corrected chi connectivity index (χ4v) is 1.24. The van der Waals surface area contributed by atoms with Crippen LogP contribution in [0.2, 0.25) is 0 Å². The number of aliphatic imine (C=N–C) groups is 1. The molecular formula is C12H26N4O. The van der Waals surface area contributed by atoms with Crippen LogP contribution in [0.25, 0.3) is 0 Å². The van der Waals surface area contributed by atoms with Crippen molar-refractivity contribution in [2.45, 2.75) is 34.1 Å². The van der Waals surface area contributed by atoms with Gasteiger partial charge in [0.1, 0.15) is 0 Å². The molecule has 4 N–H and O–H groups in total. The third kappa shape index (κ3) is 6.81. The average Bonchev–Trinajstić information content (AvgIpc) is 2.24. The monoisotopic (exact) mass is 242 g/mol. The maximum atomic E-state index is 11.5. The number of nitrogens with two attached hydrogens (primary N) is 1. The molecule has 0 aliphatic carbocycles. The summed E-state index contributed by atoms with van der Waals surface area (Å²) in [6, 6.07) is 0. The van der Waals surface area contributed by atoms with Gasteiger partial charge in [0.2, 0.25) is 5.91 Å². The van der Waals surface area contributed by atoms with Crippen LogP contribution < -0.4 is 16.4 Å². The van der Waals surface area contributed by atoms with E-state index in [2.05, 4.69) is 29.5 Å². The quantitative estimate of drug-likeness (QED) is 0.474.